The Balaban J connectivity index is 1.83. The van der Waals surface area contributed by atoms with Gasteiger partial charge in [0.05, 0.1) is 60.4 Å². The van der Waals surface area contributed by atoms with Gasteiger partial charge in [0, 0.05) is 12.0 Å². The van der Waals surface area contributed by atoms with Crippen molar-refractivity contribution in [3.05, 3.63) is 52.0 Å². The summed E-state index contributed by atoms with van der Waals surface area (Å²) in [6.45, 7) is 13.3. The monoisotopic (exact) mass is 599 g/mol. The van der Waals surface area contributed by atoms with Gasteiger partial charge in [-0.15, -0.1) is 11.3 Å². The van der Waals surface area contributed by atoms with Gasteiger partial charge in [-0.05, 0) is 67.7 Å². The number of fused-ring (bicyclic) bond motifs is 1. The van der Waals surface area contributed by atoms with Crippen molar-refractivity contribution >= 4 is 35.8 Å². The Kier molecular flexibility index (Phi) is 9.84. The number of thiazole rings is 1. The third kappa shape index (κ3) is 6.96. The van der Waals surface area contributed by atoms with Gasteiger partial charge in [0.15, 0.2) is 8.32 Å². The lowest BCUT2D eigenvalue weighted by Gasteiger charge is -2.42. The lowest BCUT2D eigenvalue weighted by atomic mass is 9.99. The smallest absolute Gasteiger partial charge is 0.340 e. The summed E-state index contributed by atoms with van der Waals surface area (Å²) in [6.07, 6.45) is 4.46. The number of carbonyl (C=O) groups is 1. The predicted octanol–water partition coefficient (Wildman–Crippen LogP) is 8.04. The van der Waals surface area contributed by atoms with E-state index in [9.17, 15) is 4.79 Å². The number of esters is 1. The Hall–Kier alpha value is -2.46. The molecule has 1 fully saturated rings. The molecule has 7 nitrogen and oxygen atoms in total. The number of para-hydroxylation sites is 1. The first-order valence-electron chi connectivity index (χ1n) is 14.4. The highest BCUT2D eigenvalue weighted by Gasteiger charge is 2.42. The molecule has 1 saturated carbocycles. The van der Waals surface area contributed by atoms with Crippen LogP contribution < -0.4 is 9.47 Å². The summed E-state index contributed by atoms with van der Waals surface area (Å²) in [7, 11) is 2.50. The Morgan fingerprint density at radius 1 is 1.07 bits per heavy atom. The van der Waals surface area contributed by atoms with Crippen molar-refractivity contribution in [3.8, 4) is 11.5 Å². The quantitative estimate of drug-likeness (QED) is 0.163. The Bertz CT molecular complexity index is 1330. The van der Waals surface area contributed by atoms with Gasteiger partial charge >= 0.3 is 5.97 Å². The van der Waals surface area contributed by atoms with Gasteiger partial charge in [-0.1, -0.05) is 39.7 Å². The SMILES string of the molecule is COC(=O)c1cccc2sc(C[C@H](OC3CCCC3)[C@H](O[Si](C)(C)C(C)(C)C)c3cc(OC)c(C)c(OC)c3)nc12. The molecule has 4 rings (SSSR count). The Morgan fingerprint density at radius 2 is 1.71 bits per heavy atom. The van der Waals surface area contributed by atoms with E-state index in [0.717, 1.165) is 45.2 Å². The summed E-state index contributed by atoms with van der Waals surface area (Å²) in [6, 6.07) is 9.76. The Morgan fingerprint density at radius 3 is 2.27 bits per heavy atom. The number of ether oxygens (including phenoxy) is 4. The van der Waals surface area contributed by atoms with E-state index >= 15 is 0 Å². The maximum Gasteiger partial charge on any atom is 0.340 e. The van der Waals surface area contributed by atoms with Gasteiger partial charge < -0.3 is 23.4 Å². The fourth-order valence-corrected chi connectivity index (χ4v) is 7.46. The van der Waals surface area contributed by atoms with E-state index in [1.54, 1.807) is 31.6 Å². The molecule has 224 valence electrons. The van der Waals surface area contributed by atoms with Crippen LogP contribution in [-0.4, -0.2) is 52.8 Å². The minimum absolute atomic E-state index is 0.00664. The zero-order valence-corrected chi connectivity index (χ0v) is 27.8. The number of hydrogen-bond acceptors (Lipinski definition) is 8. The average Bonchev–Trinajstić information content (AvgIpc) is 3.60. The van der Waals surface area contributed by atoms with E-state index in [1.807, 2.05) is 19.1 Å². The summed E-state index contributed by atoms with van der Waals surface area (Å²) in [5.41, 5.74) is 3.05. The first-order valence-corrected chi connectivity index (χ1v) is 18.1. The summed E-state index contributed by atoms with van der Waals surface area (Å²) >= 11 is 1.59. The van der Waals surface area contributed by atoms with Crippen LogP contribution in [0.2, 0.25) is 18.1 Å². The molecule has 2 atom stereocenters. The zero-order chi connectivity index (χ0) is 29.9. The third-order valence-electron chi connectivity index (χ3n) is 8.58. The molecular formula is C32H45NO6SSi. The van der Waals surface area contributed by atoms with Crippen molar-refractivity contribution < 1.29 is 28.2 Å². The maximum atomic E-state index is 12.5. The molecule has 1 heterocycles. The van der Waals surface area contributed by atoms with Gasteiger partial charge in [0.2, 0.25) is 0 Å². The number of rotatable bonds is 11. The van der Waals surface area contributed by atoms with Crippen LogP contribution in [0.5, 0.6) is 11.5 Å². The van der Waals surface area contributed by atoms with Crippen molar-refractivity contribution in [2.24, 2.45) is 0 Å². The first kappa shape index (κ1) is 31.5. The lowest BCUT2D eigenvalue weighted by molar-refractivity contribution is -0.0704. The number of benzene rings is 2. The maximum absolute atomic E-state index is 12.5. The predicted molar refractivity (Wildman–Crippen MR) is 167 cm³/mol. The molecule has 1 aromatic heterocycles. The lowest BCUT2D eigenvalue weighted by Crippen LogP contribution is -2.45. The number of nitrogens with zero attached hydrogens (tertiary/aromatic N) is 1. The van der Waals surface area contributed by atoms with E-state index in [1.165, 1.54) is 20.0 Å². The summed E-state index contributed by atoms with van der Waals surface area (Å²) < 4.78 is 31.7. The molecule has 0 bridgehead atoms. The van der Waals surface area contributed by atoms with Crippen molar-refractivity contribution in [2.75, 3.05) is 21.3 Å². The molecule has 9 heteroatoms. The van der Waals surface area contributed by atoms with Crippen LogP contribution in [0.1, 0.15) is 79.1 Å². The molecule has 0 spiro atoms. The standard InChI is InChI=1S/C32H45NO6SSi/c1-20-24(35-5)17-21(18-25(20)36-6)30(39-41(8,9)32(2,3)4)26(38-22-13-10-11-14-22)19-28-33-29-23(31(34)37-7)15-12-16-27(29)40-28/h12,15-18,22,26,30H,10-11,13-14,19H2,1-9H3/t26-,30+/m0/s1. The van der Waals surface area contributed by atoms with Gasteiger partial charge in [0.1, 0.15) is 11.5 Å². The third-order valence-corrected chi connectivity index (χ3v) is 14.1. The zero-order valence-electron chi connectivity index (χ0n) is 26.0. The van der Waals surface area contributed by atoms with Gasteiger partial charge in [0.25, 0.3) is 0 Å². The second-order valence-electron chi connectivity index (χ2n) is 12.4. The molecule has 1 aliphatic rings. The van der Waals surface area contributed by atoms with Crippen molar-refractivity contribution in [3.63, 3.8) is 0 Å². The van der Waals surface area contributed by atoms with Crippen LogP contribution in [-0.2, 0) is 20.3 Å². The molecule has 0 amide bonds. The second-order valence-corrected chi connectivity index (χ2v) is 18.3. The van der Waals surface area contributed by atoms with Gasteiger partial charge in [-0.25, -0.2) is 9.78 Å². The normalized spacial score (nSPS) is 16.1. The molecule has 41 heavy (non-hydrogen) atoms. The number of carbonyl (C=O) groups excluding carboxylic acids is 1. The fraction of sp³-hybridized carbons (Fsp3) is 0.562. The van der Waals surface area contributed by atoms with Gasteiger partial charge in [-0.3, -0.25) is 0 Å². The average molecular weight is 600 g/mol. The van der Waals surface area contributed by atoms with E-state index in [2.05, 4.69) is 46.0 Å². The highest BCUT2D eigenvalue weighted by atomic mass is 32.1. The molecule has 3 aromatic rings. The molecule has 1 aliphatic carbocycles. The molecule has 0 unspecified atom stereocenters. The van der Waals surface area contributed by atoms with Crippen LogP contribution in [0.4, 0.5) is 0 Å². The van der Waals surface area contributed by atoms with Crippen molar-refractivity contribution in [1.82, 2.24) is 4.98 Å². The van der Waals surface area contributed by atoms with E-state index in [0.29, 0.717) is 17.5 Å². The summed E-state index contributed by atoms with van der Waals surface area (Å²) in [5, 5.41) is 0.891. The highest BCUT2D eigenvalue weighted by Crippen LogP contribution is 2.44. The van der Waals surface area contributed by atoms with Crippen LogP contribution in [0.3, 0.4) is 0 Å². The second kappa shape index (κ2) is 12.8. The topological polar surface area (TPSA) is 76.1 Å². The minimum atomic E-state index is -2.26. The van der Waals surface area contributed by atoms with Crippen molar-refractivity contribution in [2.45, 2.75) is 96.2 Å². The van der Waals surface area contributed by atoms with Crippen LogP contribution in [0.25, 0.3) is 10.2 Å². The molecule has 0 N–H and O–H groups in total. The number of hydrogen-bond donors (Lipinski definition) is 0. The molecule has 0 saturated heterocycles. The summed E-state index contributed by atoms with van der Waals surface area (Å²) in [4.78, 5) is 17.4. The van der Waals surface area contributed by atoms with Crippen LogP contribution in [0, 0.1) is 6.92 Å². The van der Waals surface area contributed by atoms with Gasteiger partial charge in [-0.2, -0.15) is 0 Å². The highest BCUT2D eigenvalue weighted by molar-refractivity contribution is 7.18. The minimum Gasteiger partial charge on any atom is -0.496 e. The van der Waals surface area contributed by atoms with Crippen LogP contribution >= 0.6 is 11.3 Å². The van der Waals surface area contributed by atoms with Crippen molar-refractivity contribution in [1.29, 1.82) is 0 Å². The number of aromatic nitrogens is 1. The Labute approximate surface area is 249 Å². The van der Waals surface area contributed by atoms with E-state index < -0.39 is 8.32 Å². The molecular weight excluding hydrogens is 555 g/mol. The molecule has 0 aliphatic heterocycles. The summed E-state index contributed by atoms with van der Waals surface area (Å²) in [5.74, 6) is 1.13. The largest absolute Gasteiger partial charge is 0.496 e. The number of methoxy groups -OCH3 is 3. The molecule has 0 radical (unpaired) electrons. The fourth-order valence-electron chi connectivity index (χ4n) is 5.15. The molecule has 2 aromatic carbocycles. The van der Waals surface area contributed by atoms with Crippen LogP contribution in [0.15, 0.2) is 30.3 Å². The first-order chi connectivity index (χ1) is 19.4. The van der Waals surface area contributed by atoms with E-state index in [-0.39, 0.29) is 29.3 Å². The van der Waals surface area contributed by atoms with E-state index in [4.69, 9.17) is 28.4 Å².